The van der Waals surface area contributed by atoms with Crippen LogP contribution in [0.5, 0.6) is 0 Å². The number of carbonyl (C=O) groups is 2. The number of ether oxygens (including phenoxy) is 2. The smallest absolute Gasteiger partial charge is 0.362 e. The van der Waals surface area contributed by atoms with Gasteiger partial charge in [0.2, 0.25) is 5.91 Å². The Bertz CT molecular complexity index is 584. The number of unbranched alkanes of at least 4 members (excludes halogenated alkanes) is 21. The van der Waals surface area contributed by atoms with Crippen molar-refractivity contribution in [3.05, 3.63) is 0 Å². The first-order valence-corrected chi connectivity index (χ1v) is 16.4. The van der Waals surface area contributed by atoms with E-state index in [0.29, 0.717) is 13.0 Å². The summed E-state index contributed by atoms with van der Waals surface area (Å²) in [4.78, 5) is 23.9. The lowest BCUT2D eigenvalue weighted by atomic mass is 10.0. The Morgan fingerprint density at radius 3 is 1.47 bits per heavy atom. The van der Waals surface area contributed by atoms with E-state index < -0.39 is 17.8 Å². The van der Waals surface area contributed by atoms with Crippen LogP contribution in [0.25, 0.3) is 0 Å². The monoisotopic (exact) mass is 539 g/mol. The Morgan fingerprint density at radius 2 is 1.08 bits per heavy atom. The predicted octanol–water partition coefficient (Wildman–Crippen LogP) is 8.14. The van der Waals surface area contributed by atoms with Gasteiger partial charge in [-0.05, 0) is 12.8 Å². The molecule has 1 heterocycles. The molecule has 1 aliphatic rings. The fraction of sp³-hybridized carbons (Fsp3) is 0.938. The molecule has 1 aliphatic heterocycles. The van der Waals surface area contributed by atoms with Gasteiger partial charge in [-0.2, -0.15) is 0 Å². The number of amides is 1. The molecule has 2 N–H and O–H groups in total. The zero-order chi connectivity index (χ0) is 27.7. The van der Waals surface area contributed by atoms with Crippen LogP contribution in [0.15, 0.2) is 0 Å². The van der Waals surface area contributed by atoms with Gasteiger partial charge in [0.1, 0.15) is 6.10 Å². The van der Waals surface area contributed by atoms with Crippen molar-refractivity contribution in [2.45, 2.75) is 180 Å². The van der Waals surface area contributed by atoms with Crippen molar-refractivity contribution in [3.63, 3.8) is 0 Å². The Morgan fingerprint density at radius 1 is 0.684 bits per heavy atom. The fourth-order valence-corrected chi connectivity index (χ4v) is 5.26. The molecule has 0 saturated carbocycles. The van der Waals surface area contributed by atoms with Gasteiger partial charge in [-0.3, -0.25) is 4.79 Å². The molecule has 2 atom stereocenters. The second kappa shape index (κ2) is 23.7. The Labute approximate surface area is 234 Å². The summed E-state index contributed by atoms with van der Waals surface area (Å²) in [6, 6.07) is 0. The molecule has 0 radical (unpaired) electrons. The van der Waals surface area contributed by atoms with Gasteiger partial charge in [0.05, 0.1) is 13.0 Å². The highest BCUT2D eigenvalue weighted by Gasteiger charge is 2.53. The minimum Gasteiger partial charge on any atom is -0.462 e. The van der Waals surface area contributed by atoms with E-state index in [2.05, 4.69) is 12.2 Å². The van der Waals surface area contributed by atoms with Crippen LogP contribution in [0.1, 0.15) is 168 Å². The van der Waals surface area contributed by atoms with Crippen molar-refractivity contribution < 1.29 is 24.2 Å². The highest BCUT2D eigenvalue weighted by Crippen LogP contribution is 2.24. The van der Waals surface area contributed by atoms with Crippen LogP contribution in [-0.4, -0.2) is 42.0 Å². The lowest BCUT2D eigenvalue weighted by Crippen LogP contribution is -2.57. The molecular formula is C32H61NO5. The third-order valence-electron chi connectivity index (χ3n) is 7.73. The molecule has 1 unspecified atom stereocenters. The van der Waals surface area contributed by atoms with Gasteiger partial charge in [0, 0.05) is 6.61 Å². The first-order chi connectivity index (χ1) is 18.5. The standard InChI is InChI=1S/C32H61NO5/c1-3-5-6-7-8-9-10-11-12-13-14-15-16-17-18-19-20-21-22-23-24-25-27-37-29-28-30(34)33-32(29,36)31(35)38-26-4-2/h29,36H,3-28H2,1-2H3,(H,33,34)/t29?,32-/m1/s1. The summed E-state index contributed by atoms with van der Waals surface area (Å²) in [5.41, 5.74) is -2.06. The summed E-state index contributed by atoms with van der Waals surface area (Å²) in [5, 5.41) is 12.9. The van der Waals surface area contributed by atoms with E-state index >= 15 is 0 Å². The van der Waals surface area contributed by atoms with Crippen LogP contribution in [0, 0.1) is 0 Å². The molecule has 224 valence electrons. The van der Waals surface area contributed by atoms with Crippen molar-refractivity contribution in [3.8, 4) is 0 Å². The maximum atomic E-state index is 12.1. The van der Waals surface area contributed by atoms with Crippen LogP contribution in [0.4, 0.5) is 0 Å². The van der Waals surface area contributed by atoms with E-state index in [1.807, 2.05) is 6.92 Å². The summed E-state index contributed by atoms with van der Waals surface area (Å²) < 4.78 is 10.7. The molecule has 0 aromatic carbocycles. The molecule has 1 rings (SSSR count). The topological polar surface area (TPSA) is 84.9 Å². The lowest BCUT2D eigenvalue weighted by molar-refractivity contribution is -0.183. The highest BCUT2D eigenvalue weighted by atomic mass is 16.6. The quantitative estimate of drug-likeness (QED) is 0.0813. The molecule has 0 aromatic rings. The normalized spacial score (nSPS) is 19.1. The average Bonchev–Trinajstić information content (AvgIpc) is 3.21. The van der Waals surface area contributed by atoms with Gasteiger partial charge in [0.25, 0.3) is 5.72 Å². The molecule has 0 aliphatic carbocycles. The first-order valence-electron chi connectivity index (χ1n) is 16.4. The Hall–Kier alpha value is -1.14. The second-order valence-corrected chi connectivity index (χ2v) is 11.4. The average molecular weight is 540 g/mol. The molecular weight excluding hydrogens is 478 g/mol. The van der Waals surface area contributed by atoms with Crippen molar-refractivity contribution in [1.29, 1.82) is 0 Å². The zero-order valence-electron chi connectivity index (χ0n) is 25.0. The third kappa shape index (κ3) is 16.7. The lowest BCUT2D eigenvalue weighted by Gasteiger charge is -2.26. The highest BCUT2D eigenvalue weighted by molar-refractivity contribution is 5.91. The van der Waals surface area contributed by atoms with Gasteiger partial charge < -0.3 is 19.9 Å². The van der Waals surface area contributed by atoms with Gasteiger partial charge in [-0.15, -0.1) is 0 Å². The van der Waals surface area contributed by atoms with E-state index in [1.165, 1.54) is 128 Å². The molecule has 1 fully saturated rings. The van der Waals surface area contributed by atoms with Crippen LogP contribution in [-0.2, 0) is 19.1 Å². The van der Waals surface area contributed by atoms with E-state index in [4.69, 9.17) is 9.47 Å². The Kier molecular flexibility index (Phi) is 21.8. The fourth-order valence-electron chi connectivity index (χ4n) is 5.26. The predicted molar refractivity (Wildman–Crippen MR) is 156 cm³/mol. The molecule has 6 heteroatoms. The zero-order valence-corrected chi connectivity index (χ0v) is 25.0. The number of rotatable bonds is 27. The van der Waals surface area contributed by atoms with Gasteiger partial charge in [-0.25, -0.2) is 4.79 Å². The number of carbonyl (C=O) groups excluding carboxylic acids is 2. The van der Waals surface area contributed by atoms with Crippen LogP contribution in [0.3, 0.4) is 0 Å². The minimum atomic E-state index is -2.06. The van der Waals surface area contributed by atoms with Crippen LogP contribution >= 0.6 is 0 Å². The van der Waals surface area contributed by atoms with Gasteiger partial charge in [-0.1, -0.05) is 149 Å². The minimum absolute atomic E-state index is 0.0168. The third-order valence-corrected chi connectivity index (χ3v) is 7.73. The molecule has 1 amide bonds. The summed E-state index contributed by atoms with van der Waals surface area (Å²) in [6.45, 7) is 4.80. The van der Waals surface area contributed by atoms with Gasteiger partial charge in [0.15, 0.2) is 0 Å². The largest absolute Gasteiger partial charge is 0.462 e. The molecule has 0 bridgehead atoms. The Balaban J connectivity index is 1.83. The molecule has 0 spiro atoms. The maximum Gasteiger partial charge on any atom is 0.362 e. The van der Waals surface area contributed by atoms with E-state index in [0.717, 1.165) is 12.8 Å². The molecule has 38 heavy (non-hydrogen) atoms. The van der Waals surface area contributed by atoms with E-state index in [9.17, 15) is 14.7 Å². The summed E-state index contributed by atoms with van der Waals surface area (Å²) in [7, 11) is 0. The van der Waals surface area contributed by atoms with E-state index in [1.54, 1.807) is 0 Å². The summed E-state index contributed by atoms with van der Waals surface area (Å²) >= 11 is 0. The van der Waals surface area contributed by atoms with Crippen molar-refractivity contribution in [2.75, 3.05) is 13.2 Å². The number of hydrogen-bond donors (Lipinski definition) is 2. The van der Waals surface area contributed by atoms with E-state index in [-0.39, 0.29) is 18.9 Å². The molecule has 6 nitrogen and oxygen atoms in total. The van der Waals surface area contributed by atoms with Crippen molar-refractivity contribution >= 4 is 11.9 Å². The summed E-state index contributed by atoms with van der Waals surface area (Å²) in [6.07, 6.45) is 29.4. The number of nitrogens with one attached hydrogen (secondary N) is 1. The SMILES string of the molecule is CCCCCCCCCCCCCCCCCCCCCCCCOC1CC(=O)N[C@]1(O)C(=O)OCCC. The number of hydrogen-bond acceptors (Lipinski definition) is 5. The molecule has 0 aromatic heterocycles. The van der Waals surface area contributed by atoms with Crippen molar-refractivity contribution in [2.24, 2.45) is 0 Å². The summed E-state index contributed by atoms with van der Waals surface area (Å²) in [5.74, 6) is -1.22. The van der Waals surface area contributed by atoms with Gasteiger partial charge >= 0.3 is 5.97 Å². The maximum absolute atomic E-state index is 12.1. The second-order valence-electron chi connectivity index (χ2n) is 11.4. The molecule has 1 saturated heterocycles. The van der Waals surface area contributed by atoms with Crippen LogP contribution in [0.2, 0.25) is 0 Å². The van der Waals surface area contributed by atoms with Crippen LogP contribution < -0.4 is 5.32 Å². The van der Waals surface area contributed by atoms with Crippen molar-refractivity contribution in [1.82, 2.24) is 5.32 Å². The number of esters is 1. The first kappa shape index (κ1) is 34.9. The number of aliphatic hydroxyl groups is 1.